The fourth-order valence-electron chi connectivity index (χ4n) is 5.13. The van der Waals surface area contributed by atoms with Gasteiger partial charge in [0.25, 0.3) is 5.91 Å². The van der Waals surface area contributed by atoms with E-state index in [2.05, 4.69) is 41.5 Å². The molecule has 1 N–H and O–H groups in total. The molecule has 204 valence electrons. The SMILES string of the molecule is COc1cccc(OC)c1C(=O)N1CCC(Nc2nccc(-c3c(-c4ccc(C)cc4)nc4occn34)n2)CC1. The lowest BCUT2D eigenvalue weighted by molar-refractivity contribution is 0.0711. The number of benzene rings is 2. The third-order valence-electron chi connectivity index (χ3n) is 7.24. The van der Waals surface area contributed by atoms with Crippen molar-refractivity contribution < 1.29 is 18.7 Å². The van der Waals surface area contributed by atoms with E-state index in [9.17, 15) is 4.79 Å². The molecule has 10 heteroatoms. The maximum Gasteiger partial charge on any atom is 0.306 e. The predicted molar refractivity (Wildman–Crippen MR) is 151 cm³/mol. The summed E-state index contributed by atoms with van der Waals surface area (Å²) in [5.74, 6) is 1.95. The van der Waals surface area contributed by atoms with E-state index in [1.54, 1.807) is 38.8 Å². The van der Waals surface area contributed by atoms with Crippen LogP contribution in [0.4, 0.5) is 5.95 Å². The number of hydrogen-bond acceptors (Lipinski definition) is 8. The van der Waals surface area contributed by atoms with Crippen molar-refractivity contribution in [1.29, 1.82) is 0 Å². The molecule has 2 aromatic carbocycles. The minimum atomic E-state index is -0.0977. The highest BCUT2D eigenvalue weighted by molar-refractivity contribution is 5.99. The predicted octanol–water partition coefficient (Wildman–Crippen LogP) is 5.09. The zero-order valence-electron chi connectivity index (χ0n) is 22.6. The van der Waals surface area contributed by atoms with Crippen molar-refractivity contribution in [2.45, 2.75) is 25.8 Å². The minimum Gasteiger partial charge on any atom is -0.496 e. The number of nitrogens with one attached hydrogen (secondary N) is 1. The molecule has 0 spiro atoms. The molecule has 0 bridgehead atoms. The Balaban J connectivity index is 1.19. The molecule has 1 aliphatic rings. The lowest BCUT2D eigenvalue weighted by Gasteiger charge is -2.33. The van der Waals surface area contributed by atoms with Gasteiger partial charge in [0.2, 0.25) is 5.95 Å². The van der Waals surface area contributed by atoms with Crippen LogP contribution < -0.4 is 14.8 Å². The van der Waals surface area contributed by atoms with Crippen molar-refractivity contribution in [3.8, 4) is 34.1 Å². The summed E-state index contributed by atoms with van der Waals surface area (Å²) < 4.78 is 18.4. The largest absolute Gasteiger partial charge is 0.496 e. The van der Waals surface area contributed by atoms with Gasteiger partial charge < -0.3 is 24.1 Å². The van der Waals surface area contributed by atoms with E-state index >= 15 is 0 Å². The van der Waals surface area contributed by atoms with Crippen LogP contribution in [0.3, 0.4) is 0 Å². The smallest absolute Gasteiger partial charge is 0.306 e. The second-order valence-electron chi connectivity index (χ2n) is 9.74. The van der Waals surface area contributed by atoms with Gasteiger partial charge in [-0.15, -0.1) is 0 Å². The number of carbonyl (C=O) groups is 1. The fourth-order valence-corrected chi connectivity index (χ4v) is 5.13. The Labute approximate surface area is 231 Å². The Bertz CT molecular complexity index is 1630. The molecule has 1 fully saturated rings. The third-order valence-corrected chi connectivity index (χ3v) is 7.24. The molecule has 4 heterocycles. The summed E-state index contributed by atoms with van der Waals surface area (Å²) in [4.78, 5) is 29.3. The van der Waals surface area contributed by atoms with Gasteiger partial charge in [0, 0.05) is 37.1 Å². The number of anilines is 1. The molecule has 0 unspecified atom stereocenters. The topological polar surface area (TPSA) is 107 Å². The first-order chi connectivity index (χ1) is 19.6. The number of methoxy groups -OCH3 is 2. The first-order valence-electron chi connectivity index (χ1n) is 13.2. The summed E-state index contributed by atoms with van der Waals surface area (Å²) in [6.07, 6.45) is 6.71. The van der Waals surface area contributed by atoms with Crippen molar-refractivity contribution in [2.75, 3.05) is 32.6 Å². The van der Waals surface area contributed by atoms with Crippen molar-refractivity contribution in [3.63, 3.8) is 0 Å². The molecule has 0 atom stereocenters. The lowest BCUT2D eigenvalue weighted by Crippen LogP contribution is -2.42. The Morgan fingerprint density at radius 1 is 1.00 bits per heavy atom. The number of likely N-dealkylation sites (tertiary alicyclic amines) is 1. The van der Waals surface area contributed by atoms with Crippen molar-refractivity contribution in [3.05, 3.63) is 78.3 Å². The minimum absolute atomic E-state index is 0.0977. The summed E-state index contributed by atoms with van der Waals surface area (Å²) in [7, 11) is 3.11. The van der Waals surface area contributed by atoms with Gasteiger partial charge in [-0.05, 0) is 38.0 Å². The first-order valence-corrected chi connectivity index (χ1v) is 13.2. The Morgan fingerprint density at radius 3 is 2.42 bits per heavy atom. The number of carbonyl (C=O) groups excluding carboxylic acids is 1. The van der Waals surface area contributed by atoms with E-state index in [0.29, 0.717) is 41.9 Å². The van der Waals surface area contributed by atoms with Gasteiger partial charge in [-0.1, -0.05) is 35.9 Å². The maximum atomic E-state index is 13.4. The molecule has 40 heavy (non-hydrogen) atoms. The van der Waals surface area contributed by atoms with Crippen molar-refractivity contribution in [2.24, 2.45) is 0 Å². The molecule has 1 saturated heterocycles. The fraction of sp³-hybridized carbons (Fsp3) is 0.267. The quantitative estimate of drug-likeness (QED) is 0.305. The molecule has 6 rings (SSSR count). The van der Waals surface area contributed by atoms with E-state index in [1.807, 2.05) is 27.6 Å². The molecule has 0 aliphatic carbocycles. The molecule has 5 aromatic rings. The number of piperidine rings is 1. The van der Waals surface area contributed by atoms with Crippen LogP contribution in [0.25, 0.3) is 28.5 Å². The van der Waals surface area contributed by atoms with Crippen LogP contribution >= 0.6 is 0 Å². The van der Waals surface area contributed by atoms with Crippen LogP contribution in [0.2, 0.25) is 0 Å². The normalized spacial score (nSPS) is 13.9. The molecule has 10 nitrogen and oxygen atoms in total. The van der Waals surface area contributed by atoms with E-state index in [0.717, 1.165) is 35.5 Å². The maximum absolute atomic E-state index is 13.4. The molecule has 0 radical (unpaired) electrons. The summed E-state index contributed by atoms with van der Waals surface area (Å²) in [6, 6.07) is 15.6. The molecule has 1 aliphatic heterocycles. The van der Waals surface area contributed by atoms with Gasteiger partial charge in [0.05, 0.1) is 19.9 Å². The zero-order chi connectivity index (χ0) is 27.6. The average molecular weight is 539 g/mol. The van der Waals surface area contributed by atoms with Crippen molar-refractivity contribution >= 4 is 17.7 Å². The summed E-state index contributed by atoms with van der Waals surface area (Å²) >= 11 is 0. The molecular formula is C30H30N6O4. The lowest BCUT2D eigenvalue weighted by atomic mass is 10.0. The Morgan fingerprint density at radius 2 is 1.73 bits per heavy atom. The molecular weight excluding hydrogens is 508 g/mol. The monoisotopic (exact) mass is 538 g/mol. The van der Waals surface area contributed by atoms with Crippen LogP contribution in [-0.2, 0) is 0 Å². The standard InChI is InChI=1S/C30H30N6O4/c1-19-7-9-20(10-8-19)26-27(36-17-18-40-30(36)34-26)22-11-14-31-29(33-22)32-21-12-15-35(16-13-21)28(37)25-23(38-2)5-4-6-24(25)39-3/h4-11,14,17-18,21H,12-13,15-16H2,1-3H3,(H,31,32,33). The second-order valence-corrected chi connectivity index (χ2v) is 9.74. The summed E-state index contributed by atoms with van der Waals surface area (Å²) in [5, 5.41) is 3.47. The van der Waals surface area contributed by atoms with Gasteiger partial charge in [-0.2, -0.15) is 4.98 Å². The molecule has 0 saturated carbocycles. The van der Waals surface area contributed by atoms with Crippen LogP contribution in [0.5, 0.6) is 11.5 Å². The highest BCUT2D eigenvalue weighted by atomic mass is 16.5. The first kappa shape index (κ1) is 25.4. The number of imidazole rings is 1. The number of amides is 1. The molecule has 1 amide bonds. The highest BCUT2D eigenvalue weighted by Gasteiger charge is 2.28. The number of oxazole rings is 1. The van der Waals surface area contributed by atoms with Gasteiger partial charge >= 0.3 is 5.84 Å². The van der Waals surface area contributed by atoms with E-state index < -0.39 is 0 Å². The van der Waals surface area contributed by atoms with Crippen LogP contribution in [0.1, 0.15) is 28.8 Å². The Kier molecular flexibility index (Phi) is 6.81. The van der Waals surface area contributed by atoms with Crippen LogP contribution in [-0.4, -0.2) is 63.5 Å². The Hall–Kier alpha value is -4.86. The number of ether oxygens (including phenoxy) is 2. The van der Waals surface area contributed by atoms with Gasteiger partial charge in [-0.25, -0.2) is 9.97 Å². The highest BCUT2D eigenvalue weighted by Crippen LogP contribution is 2.33. The number of aromatic nitrogens is 4. The number of hydrogen-bond donors (Lipinski definition) is 1. The third kappa shape index (κ3) is 4.72. The zero-order valence-corrected chi connectivity index (χ0v) is 22.6. The van der Waals surface area contributed by atoms with E-state index in [4.69, 9.17) is 23.9 Å². The van der Waals surface area contributed by atoms with Crippen LogP contribution in [0.15, 0.2) is 71.6 Å². The summed E-state index contributed by atoms with van der Waals surface area (Å²) in [5.41, 5.74) is 4.98. The van der Waals surface area contributed by atoms with Gasteiger partial charge in [-0.3, -0.25) is 9.20 Å². The van der Waals surface area contributed by atoms with Crippen LogP contribution in [0, 0.1) is 6.92 Å². The number of nitrogens with zero attached hydrogens (tertiary/aromatic N) is 5. The number of aryl methyl sites for hydroxylation is 1. The number of rotatable bonds is 7. The number of fused-ring (bicyclic) bond motifs is 1. The second kappa shape index (κ2) is 10.7. The van der Waals surface area contributed by atoms with Gasteiger partial charge in [0.15, 0.2) is 0 Å². The average Bonchev–Trinajstić information content (AvgIpc) is 3.59. The van der Waals surface area contributed by atoms with E-state index in [-0.39, 0.29) is 11.9 Å². The summed E-state index contributed by atoms with van der Waals surface area (Å²) in [6.45, 7) is 3.24. The van der Waals surface area contributed by atoms with E-state index in [1.165, 1.54) is 5.56 Å². The molecule has 3 aromatic heterocycles. The van der Waals surface area contributed by atoms with Crippen molar-refractivity contribution in [1.82, 2.24) is 24.3 Å². The van der Waals surface area contributed by atoms with Gasteiger partial charge in [0.1, 0.15) is 34.7 Å².